The highest BCUT2D eigenvalue weighted by Gasteiger charge is 2.43. The number of carboxylic acid groups (broad SMARTS) is 1. The summed E-state index contributed by atoms with van der Waals surface area (Å²) in [5, 5.41) is 9.70. The predicted molar refractivity (Wildman–Crippen MR) is 160 cm³/mol. The Hall–Kier alpha value is -4.31. The highest BCUT2D eigenvalue weighted by Crippen LogP contribution is 2.44. The maximum absolute atomic E-state index is 14.0. The number of carboxylic acids is 1. The first-order chi connectivity index (χ1) is 20.4. The van der Waals surface area contributed by atoms with Crippen LogP contribution in [0.5, 0.6) is 0 Å². The van der Waals surface area contributed by atoms with Crippen LogP contribution in [0.4, 0.5) is 9.59 Å². The standard InChI is InChI=1S/C33H39N3O7/c1-20-26(30(37)38)15-21(34(20)5)16-36(28-17-35(18-29(28)41-6)31(39)43-33(2,3)4)32(40)42-19-27-24-13-9-7-11-22(24)23-12-8-10-14-25(23)27/h7-15,27-29H,16-19H2,1-6H3,(H,37,38)/t28-,29-/m1/s1. The number of aromatic carboxylic acids is 1. The number of aromatic nitrogens is 1. The van der Waals surface area contributed by atoms with Gasteiger partial charge in [-0.15, -0.1) is 0 Å². The average molecular weight is 590 g/mol. The summed E-state index contributed by atoms with van der Waals surface area (Å²) in [7, 11) is 3.31. The molecule has 2 atom stereocenters. The molecule has 1 aliphatic carbocycles. The smallest absolute Gasteiger partial charge is 0.410 e. The van der Waals surface area contributed by atoms with Gasteiger partial charge in [-0.3, -0.25) is 4.90 Å². The average Bonchev–Trinajstić information content (AvgIpc) is 3.62. The molecule has 1 fully saturated rings. The summed E-state index contributed by atoms with van der Waals surface area (Å²) in [6.45, 7) is 7.71. The summed E-state index contributed by atoms with van der Waals surface area (Å²) in [4.78, 5) is 41.9. The molecule has 2 aromatic carbocycles. The molecule has 3 aromatic rings. The van der Waals surface area contributed by atoms with Crippen LogP contribution in [0.3, 0.4) is 0 Å². The topological polar surface area (TPSA) is 111 Å². The summed E-state index contributed by atoms with van der Waals surface area (Å²) < 4.78 is 19.2. The molecule has 1 N–H and O–H groups in total. The van der Waals surface area contributed by atoms with Crippen molar-refractivity contribution in [1.82, 2.24) is 14.4 Å². The number of carbonyl (C=O) groups is 3. The largest absolute Gasteiger partial charge is 0.478 e. The summed E-state index contributed by atoms with van der Waals surface area (Å²) in [5.74, 6) is -1.17. The fraction of sp³-hybridized carbons (Fsp3) is 0.424. The predicted octanol–water partition coefficient (Wildman–Crippen LogP) is 5.42. The van der Waals surface area contributed by atoms with E-state index in [1.54, 1.807) is 57.4 Å². The molecule has 0 bridgehead atoms. The molecule has 10 nitrogen and oxygen atoms in total. The van der Waals surface area contributed by atoms with Gasteiger partial charge in [-0.1, -0.05) is 48.5 Å². The number of carbonyl (C=O) groups excluding carboxylic acids is 2. The zero-order valence-corrected chi connectivity index (χ0v) is 25.5. The van der Waals surface area contributed by atoms with Crippen molar-refractivity contribution in [2.24, 2.45) is 7.05 Å². The molecule has 0 radical (unpaired) electrons. The number of fused-ring (bicyclic) bond motifs is 3. The molecular weight excluding hydrogens is 550 g/mol. The number of hydrogen-bond acceptors (Lipinski definition) is 6. The number of methoxy groups -OCH3 is 1. The van der Waals surface area contributed by atoms with E-state index in [1.165, 1.54) is 4.90 Å². The van der Waals surface area contributed by atoms with Crippen molar-refractivity contribution in [2.45, 2.75) is 57.9 Å². The van der Waals surface area contributed by atoms with Crippen molar-refractivity contribution < 1.29 is 33.7 Å². The summed E-state index contributed by atoms with van der Waals surface area (Å²) >= 11 is 0. The Morgan fingerprint density at radius 1 is 1.00 bits per heavy atom. The van der Waals surface area contributed by atoms with Gasteiger partial charge in [-0.25, -0.2) is 14.4 Å². The van der Waals surface area contributed by atoms with Crippen LogP contribution in [0.2, 0.25) is 0 Å². The Kier molecular flexibility index (Phi) is 8.25. The van der Waals surface area contributed by atoms with E-state index in [-0.39, 0.29) is 37.7 Å². The third-order valence-corrected chi connectivity index (χ3v) is 8.36. The quantitative estimate of drug-likeness (QED) is 0.392. The fourth-order valence-electron chi connectivity index (χ4n) is 6.06. The molecule has 0 saturated carbocycles. The molecular formula is C33H39N3O7. The van der Waals surface area contributed by atoms with Gasteiger partial charge in [0.05, 0.1) is 30.8 Å². The van der Waals surface area contributed by atoms with Crippen LogP contribution in [-0.4, -0.2) is 82.2 Å². The van der Waals surface area contributed by atoms with E-state index in [1.807, 2.05) is 24.3 Å². The van der Waals surface area contributed by atoms with Gasteiger partial charge in [-0.05, 0) is 56.0 Å². The monoisotopic (exact) mass is 589 g/mol. The lowest BCUT2D eigenvalue weighted by atomic mass is 9.98. The minimum Gasteiger partial charge on any atom is -0.478 e. The first-order valence-corrected chi connectivity index (χ1v) is 14.4. The molecule has 2 amide bonds. The molecule has 43 heavy (non-hydrogen) atoms. The lowest BCUT2D eigenvalue weighted by molar-refractivity contribution is 0.0236. The molecule has 5 rings (SSSR count). The second kappa shape index (κ2) is 11.8. The van der Waals surface area contributed by atoms with E-state index < -0.39 is 35.9 Å². The number of likely N-dealkylation sites (tertiary alicyclic amines) is 1. The van der Waals surface area contributed by atoms with E-state index in [2.05, 4.69) is 24.3 Å². The second-order valence-electron chi connectivity index (χ2n) is 12.2. The van der Waals surface area contributed by atoms with Gasteiger partial charge in [-0.2, -0.15) is 0 Å². The zero-order valence-electron chi connectivity index (χ0n) is 25.5. The lowest BCUT2D eigenvalue weighted by Gasteiger charge is -2.31. The van der Waals surface area contributed by atoms with Crippen LogP contribution >= 0.6 is 0 Å². The molecule has 1 saturated heterocycles. The molecule has 0 spiro atoms. The number of benzene rings is 2. The molecule has 1 aliphatic heterocycles. The molecule has 2 aliphatic rings. The third-order valence-electron chi connectivity index (χ3n) is 8.36. The fourth-order valence-corrected chi connectivity index (χ4v) is 6.06. The van der Waals surface area contributed by atoms with Crippen molar-refractivity contribution >= 4 is 18.2 Å². The SMILES string of the molecule is CO[C@@H]1CN(C(=O)OC(C)(C)C)C[C@H]1N(Cc1cc(C(=O)O)c(C)n1C)C(=O)OCC1c2ccccc2-c2ccccc21. The first kappa shape index (κ1) is 30.2. The molecule has 0 unspecified atom stereocenters. The summed E-state index contributed by atoms with van der Waals surface area (Å²) in [5.41, 5.74) is 5.11. The Morgan fingerprint density at radius 2 is 1.60 bits per heavy atom. The van der Waals surface area contributed by atoms with Crippen molar-refractivity contribution in [3.05, 3.63) is 82.7 Å². The normalized spacial score (nSPS) is 17.9. The first-order valence-electron chi connectivity index (χ1n) is 14.4. The second-order valence-corrected chi connectivity index (χ2v) is 12.2. The van der Waals surface area contributed by atoms with Crippen LogP contribution < -0.4 is 0 Å². The molecule has 10 heteroatoms. The van der Waals surface area contributed by atoms with Crippen LogP contribution in [0.25, 0.3) is 11.1 Å². The van der Waals surface area contributed by atoms with Crippen molar-refractivity contribution in [3.8, 4) is 11.1 Å². The van der Waals surface area contributed by atoms with Gasteiger partial charge in [0, 0.05) is 38.0 Å². The maximum Gasteiger partial charge on any atom is 0.410 e. The molecule has 228 valence electrons. The van der Waals surface area contributed by atoms with E-state index in [0.717, 1.165) is 22.3 Å². The number of nitrogens with zero attached hydrogens (tertiary/aromatic N) is 3. The lowest BCUT2D eigenvalue weighted by Crippen LogP contribution is -2.48. The Balaban J connectivity index is 1.43. The van der Waals surface area contributed by atoms with Gasteiger partial charge < -0.3 is 28.8 Å². The third kappa shape index (κ3) is 5.97. The van der Waals surface area contributed by atoms with Gasteiger partial charge in [0.2, 0.25) is 0 Å². The van der Waals surface area contributed by atoms with Crippen molar-refractivity contribution in [2.75, 3.05) is 26.8 Å². The van der Waals surface area contributed by atoms with Crippen LogP contribution in [0.15, 0.2) is 54.6 Å². The van der Waals surface area contributed by atoms with Gasteiger partial charge in [0.25, 0.3) is 0 Å². The number of hydrogen-bond donors (Lipinski definition) is 1. The molecule has 2 heterocycles. The van der Waals surface area contributed by atoms with E-state index >= 15 is 0 Å². The van der Waals surface area contributed by atoms with Crippen LogP contribution in [-0.2, 0) is 27.8 Å². The van der Waals surface area contributed by atoms with E-state index in [0.29, 0.717) is 11.4 Å². The maximum atomic E-state index is 14.0. The Morgan fingerprint density at radius 3 is 2.14 bits per heavy atom. The summed E-state index contributed by atoms with van der Waals surface area (Å²) in [6, 6.07) is 17.2. The van der Waals surface area contributed by atoms with E-state index in [4.69, 9.17) is 14.2 Å². The Bertz CT molecular complexity index is 1490. The van der Waals surface area contributed by atoms with Gasteiger partial charge >= 0.3 is 18.2 Å². The number of ether oxygens (including phenoxy) is 3. The minimum atomic E-state index is -1.04. The number of amides is 2. The highest BCUT2D eigenvalue weighted by molar-refractivity contribution is 5.89. The van der Waals surface area contributed by atoms with Gasteiger partial charge in [0.1, 0.15) is 12.2 Å². The van der Waals surface area contributed by atoms with Crippen LogP contribution in [0.1, 0.15) is 59.6 Å². The zero-order chi connectivity index (χ0) is 31.1. The van der Waals surface area contributed by atoms with Crippen molar-refractivity contribution in [3.63, 3.8) is 0 Å². The van der Waals surface area contributed by atoms with E-state index in [9.17, 15) is 19.5 Å². The van der Waals surface area contributed by atoms with Gasteiger partial charge in [0.15, 0.2) is 0 Å². The van der Waals surface area contributed by atoms with Crippen molar-refractivity contribution in [1.29, 1.82) is 0 Å². The minimum absolute atomic E-state index is 0.0635. The Labute approximate surface area is 251 Å². The highest BCUT2D eigenvalue weighted by atomic mass is 16.6. The molecule has 1 aromatic heterocycles. The summed E-state index contributed by atoms with van der Waals surface area (Å²) in [6.07, 6.45) is -1.57. The number of rotatable bonds is 7. The van der Waals surface area contributed by atoms with Crippen LogP contribution in [0, 0.1) is 6.92 Å².